The van der Waals surface area contributed by atoms with Crippen molar-refractivity contribution in [2.75, 3.05) is 33.5 Å². The number of hydrogen-bond acceptors (Lipinski definition) is 7. The van der Waals surface area contributed by atoms with Crippen LogP contribution in [0.25, 0.3) is 0 Å². The summed E-state index contributed by atoms with van der Waals surface area (Å²) >= 11 is 0. The van der Waals surface area contributed by atoms with Crippen LogP contribution in [-0.2, 0) is 33.3 Å². The normalized spacial score (nSPS) is 16.1. The lowest BCUT2D eigenvalue weighted by Gasteiger charge is -2.37. The molecule has 3 unspecified atom stereocenters. The van der Waals surface area contributed by atoms with E-state index in [9.17, 15) is 14.4 Å². The van der Waals surface area contributed by atoms with Gasteiger partial charge < -0.3 is 18.9 Å². The number of esters is 3. The summed E-state index contributed by atoms with van der Waals surface area (Å²) in [5.74, 6) is -1.78. The van der Waals surface area contributed by atoms with Gasteiger partial charge in [0.2, 0.25) is 0 Å². The van der Waals surface area contributed by atoms with Gasteiger partial charge in [-0.2, -0.15) is 0 Å². The first-order valence-electron chi connectivity index (χ1n) is 10.8. The Morgan fingerprint density at radius 3 is 2.03 bits per heavy atom. The van der Waals surface area contributed by atoms with Crippen molar-refractivity contribution in [1.29, 1.82) is 0 Å². The number of rotatable bonds is 16. The molecule has 0 aliphatic carbocycles. The Hall–Kier alpha value is -1.63. The molecule has 7 heteroatoms. The van der Waals surface area contributed by atoms with Crippen LogP contribution < -0.4 is 0 Å². The van der Waals surface area contributed by atoms with Crippen molar-refractivity contribution in [2.45, 2.75) is 73.1 Å². The van der Waals surface area contributed by atoms with Crippen LogP contribution in [0.5, 0.6) is 0 Å². The van der Waals surface area contributed by atoms with Crippen LogP contribution in [0, 0.1) is 23.7 Å². The number of ether oxygens (including phenoxy) is 4. The maximum Gasteiger partial charge on any atom is 0.311 e. The predicted octanol–water partition coefficient (Wildman–Crippen LogP) is 4.00. The summed E-state index contributed by atoms with van der Waals surface area (Å²) in [6.07, 6.45) is 2.74. The summed E-state index contributed by atoms with van der Waals surface area (Å²) in [4.78, 5) is 38.0. The lowest BCUT2D eigenvalue weighted by Crippen LogP contribution is -2.42. The van der Waals surface area contributed by atoms with Gasteiger partial charge in [-0.05, 0) is 52.9 Å². The van der Waals surface area contributed by atoms with Crippen LogP contribution in [-0.4, -0.2) is 51.4 Å². The zero-order chi connectivity index (χ0) is 23.2. The fraction of sp³-hybridized carbons (Fsp3) is 0.826. The van der Waals surface area contributed by atoms with E-state index in [0.717, 1.165) is 12.8 Å². The second-order valence-corrected chi connectivity index (χ2v) is 8.33. The zero-order valence-corrected chi connectivity index (χ0v) is 19.6. The lowest BCUT2D eigenvalue weighted by molar-refractivity contribution is -0.166. The number of unbranched alkanes of at least 4 members (excludes halogenated alkanes) is 1. The number of carbonyl (C=O) groups excluding carboxylic acids is 3. The Bertz CT molecular complexity index is 534. The molecule has 0 saturated heterocycles. The van der Waals surface area contributed by atoms with Crippen LogP contribution in [0.15, 0.2) is 0 Å². The highest BCUT2D eigenvalue weighted by Gasteiger charge is 2.47. The van der Waals surface area contributed by atoms with E-state index in [1.807, 2.05) is 13.8 Å². The molecule has 0 amide bonds. The monoisotopic (exact) mass is 428 g/mol. The Kier molecular flexibility index (Phi) is 13.6. The van der Waals surface area contributed by atoms with E-state index < -0.39 is 34.7 Å². The van der Waals surface area contributed by atoms with E-state index in [1.165, 1.54) is 7.11 Å². The highest BCUT2D eigenvalue weighted by atomic mass is 16.6. The van der Waals surface area contributed by atoms with Crippen LogP contribution in [0.4, 0.5) is 0 Å². The molecule has 0 bridgehead atoms. The molecule has 0 rings (SSSR count). The third-order valence-corrected chi connectivity index (χ3v) is 5.32. The van der Waals surface area contributed by atoms with Gasteiger partial charge in [0.15, 0.2) is 0 Å². The van der Waals surface area contributed by atoms with E-state index in [4.69, 9.17) is 25.9 Å². The Labute approximate surface area is 182 Å². The molecule has 0 spiro atoms. The minimum atomic E-state index is -1.06. The van der Waals surface area contributed by atoms with Gasteiger partial charge in [0, 0.05) is 7.11 Å². The summed E-state index contributed by atoms with van der Waals surface area (Å²) < 4.78 is 20.9. The molecule has 0 aromatic carbocycles. The van der Waals surface area contributed by atoms with E-state index in [0.29, 0.717) is 19.6 Å². The summed E-state index contributed by atoms with van der Waals surface area (Å²) in [6, 6.07) is 0. The van der Waals surface area contributed by atoms with Gasteiger partial charge in [0.1, 0.15) is 6.61 Å². The predicted molar refractivity (Wildman–Crippen MR) is 113 cm³/mol. The average Bonchev–Trinajstić information content (AvgIpc) is 2.71. The number of hydrogen-bond donors (Lipinski definition) is 0. The van der Waals surface area contributed by atoms with E-state index >= 15 is 0 Å². The van der Waals surface area contributed by atoms with Crippen LogP contribution in [0.3, 0.4) is 0 Å². The molecule has 0 aliphatic rings. The molecule has 174 valence electrons. The lowest BCUT2D eigenvalue weighted by atomic mass is 9.68. The first-order valence-corrected chi connectivity index (χ1v) is 10.8. The summed E-state index contributed by atoms with van der Waals surface area (Å²) in [6.45, 7) is 15.4. The minimum absolute atomic E-state index is 0.119. The van der Waals surface area contributed by atoms with Crippen LogP contribution >= 0.6 is 0 Å². The zero-order valence-electron chi connectivity index (χ0n) is 19.6. The molecule has 0 aromatic heterocycles. The first-order chi connectivity index (χ1) is 14.1. The second kappa shape index (κ2) is 14.4. The van der Waals surface area contributed by atoms with Gasteiger partial charge in [-0.15, -0.1) is 0 Å². The maximum absolute atomic E-state index is 13.0. The fourth-order valence-corrected chi connectivity index (χ4v) is 3.37. The molecule has 0 aliphatic heterocycles. The van der Waals surface area contributed by atoms with E-state index in [2.05, 4.69) is 0 Å². The SMILES string of the molecule is [CH]CCOC(=O)C(C)(CC)CC(C)(CC(C)C(=O)OCCOC)C(=O)OCCCC. The number of carbonyl (C=O) groups is 3. The standard InChI is InChI=1S/C23H40O7/c1-8-11-13-30-21(26)23(6,16-18(4)19(24)28-15-14-27-7)17-22(5,10-3)20(25)29-12-9-2/h2,18H,8-17H2,1,3-7H3. The molecule has 2 radical (unpaired) electrons. The van der Waals surface area contributed by atoms with Gasteiger partial charge >= 0.3 is 17.9 Å². The molecule has 0 heterocycles. The Morgan fingerprint density at radius 2 is 1.50 bits per heavy atom. The molecular formula is C23H40O7. The molecule has 7 nitrogen and oxygen atoms in total. The van der Waals surface area contributed by atoms with Crippen molar-refractivity contribution in [3.8, 4) is 0 Å². The summed E-state index contributed by atoms with van der Waals surface area (Å²) in [5, 5.41) is 0. The van der Waals surface area contributed by atoms with Crippen molar-refractivity contribution in [3.05, 3.63) is 6.92 Å². The third-order valence-electron chi connectivity index (χ3n) is 5.32. The van der Waals surface area contributed by atoms with E-state index in [-0.39, 0.29) is 32.5 Å². The molecule has 3 atom stereocenters. The smallest absolute Gasteiger partial charge is 0.311 e. The van der Waals surface area contributed by atoms with Crippen molar-refractivity contribution >= 4 is 17.9 Å². The van der Waals surface area contributed by atoms with Crippen molar-refractivity contribution in [3.63, 3.8) is 0 Å². The van der Waals surface area contributed by atoms with Gasteiger partial charge in [-0.1, -0.05) is 27.2 Å². The fourth-order valence-electron chi connectivity index (χ4n) is 3.37. The van der Waals surface area contributed by atoms with Crippen molar-refractivity contribution in [1.82, 2.24) is 0 Å². The molecule has 0 saturated carbocycles. The molecular weight excluding hydrogens is 388 g/mol. The highest BCUT2D eigenvalue weighted by Crippen LogP contribution is 2.42. The summed E-state index contributed by atoms with van der Waals surface area (Å²) in [5.41, 5.74) is -1.96. The molecule has 0 N–H and O–H groups in total. The highest BCUT2D eigenvalue weighted by molar-refractivity contribution is 5.81. The van der Waals surface area contributed by atoms with Crippen LogP contribution in [0.1, 0.15) is 73.1 Å². The molecule has 0 aromatic rings. The average molecular weight is 429 g/mol. The molecule has 0 fully saturated rings. The third kappa shape index (κ3) is 9.45. The van der Waals surface area contributed by atoms with Gasteiger partial charge in [0.05, 0.1) is 36.6 Å². The second-order valence-electron chi connectivity index (χ2n) is 8.33. The van der Waals surface area contributed by atoms with Crippen molar-refractivity contribution in [2.24, 2.45) is 16.7 Å². The van der Waals surface area contributed by atoms with Gasteiger partial charge in [0.25, 0.3) is 0 Å². The summed E-state index contributed by atoms with van der Waals surface area (Å²) in [7, 11) is 1.52. The largest absolute Gasteiger partial charge is 0.465 e. The quantitative estimate of drug-likeness (QED) is 0.208. The van der Waals surface area contributed by atoms with Gasteiger partial charge in [-0.3, -0.25) is 14.4 Å². The van der Waals surface area contributed by atoms with Gasteiger partial charge in [-0.25, -0.2) is 0 Å². The molecule has 30 heavy (non-hydrogen) atoms. The maximum atomic E-state index is 13.0. The topological polar surface area (TPSA) is 88.1 Å². The van der Waals surface area contributed by atoms with Crippen molar-refractivity contribution < 1.29 is 33.3 Å². The first kappa shape index (κ1) is 28.4. The Balaban J connectivity index is 5.52. The van der Waals surface area contributed by atoms with E-state index in [1.54, 1.807) is 20.8 Å². The Morgan fingerprint density at radius 1 is 0.900 bits per heavy atom. The number of methoxy groups -OCH3 is 1. The van der Waals surface area contributed by atoms with Crippen LogP contribution in [0.2, 0.25) is 0 Å². The minimum Gasteiger partial charge on any atom is -0.465 e.